The van der Waals surface area contributed by atoms with E-state index in [0.717, 1.165) is 11.1 Å². The minimum absolute atomic E-state index is 0.0867. The number of esters is 1. The van der Waals surface area contributed by atoms with Crippen LogP contribution in [0.15, 0.2) is 48.5 Å². The van der Waals surface area contributed by atoms with Crippen LogP contribution in [0.25, 0.3) is 0 Å². The van der Waals surface area contributed by atoms with E-state index in [9.17, 15) is 14.4 Å². The van der Waals surface area contributed by atoms with E-state index in [1.54, 1.807) is 29.2 Å². The molecule has 7 heteroatoms. The average Bonchev–Trinajstić information content (AvgIpc) is 3.10. The van der Waals surface area contributed by atoms with E-state index in [1.165, 1.54) is 0 Å². The molecular formula is C23H26N2O5. The summed E-state index contributed by atoms with van der Waals surface area (Å²) in [5, 5.41) is 2.66. The molecule has 1 aliphatic rings. The average molecular weight is 410 g/mol. The Bertz CT molecular complexity index is 893. The molecule has 0 spiro atoms. The predicted molar refractivity (Wildman–Crippen MR) is 112 cm³/mol. The van der Waals surface area contributed by atoms with Gasteiger partial charge in [-0.2, -0.15) is 0 Å². The molecule has 158 valence electrons. The highest BCUT2D eigenvalue weighted by Gasteiger charge is 2.35. The summed E-state index contributed by atoms with van der Waals surface area (Å²) in [6.07, 6.45) is 0.102. The second-order valence-electron chi connectivity index (χ2n) is 7.27. The minimum Gasteiger partial charge on any atom is -0.494 e. The Hall–Kier alpha value is -3.35. The third-order valence-electron chi connectivity index (χ3n) is 4.84. The topological polar surface area (TPSA) is 84.9 Å². The van der Waals surface area contributed by atoms with Gasteiger partial charge < -0.3 is 19.7 Å². The molecule has 0 saturated carbocycles. The van der Waals surface area contributed by atoms with E-state index in [0.29, 0.717) is 31.1 Å². The normalized spacial score (nSPS) is 15.7. The van der Waals surface area contributed by atoms with Crippen LogP contribution in [0.4, 0.5) is 5.69 Å². The van der Waals surface area contributed by atoms with Gasteiger partial charge in [0.15, 0.2) is 6.61 Å². The molecule has 1 fully saturated rings. The molecule has 1 N–H and O–H groups in total. The zero-order valence-corrected chi connectivity index (χ0v) is 17.2. The maximum absolute atomic E-state index is 12.3. The van der Waals surface area contributed by atoms with Crippen molar-refractivity contribution in [3.8, 4) is 5.75 Å². The van der Waals surface area contributed by atoms with Gasteiger partial charge >= 0.3 is 5.97 Å². The molecule has 1 atom stereocenters. The monoisotopic (exact) mass is 410 g/mol. The number of aryl methyl sites for hydroxylation is 1. The van der Waals surface area contributed by atoms with Crippen molar-refractivity contribution >= 4 is 23.5 Å². The van der Waals surface area contributed by atoms with E-state index in [4.69, 9.17) is 9.47 Å². The Morgan fingerprint density at radius 2 is 1.80 bits per heavy atom. The molecule has 0 bridgehead atoms. The van der Waals surface area contributed by atoms with Crippen LogP contribution in [-0.2, 0) is 25.7 Å². The molecule has 2 amide bonds. The lowest BCUT2D eigenvalue weighted by atomic mass is 10.1. The fourth-order valence-electron chi connectivity index (χ4n) is 3.25. The number of ether oxygens (including phenoxy) is 2. The highest BCUT2D eigenvalue weighted by Crippen LogP contribution is 2.22. The Balaban J connectivity index is 1.44. The number of rotatable bonds is 8. The number of carbonyl (C=O) groups excluding carboxylic acids is 3. The zero-order valence-electron chi connectivity index (χ0n) is 17.2. The number of amides is 2. The molecule has 0 aliphatic carbocycles. The van der Waals surface area contributed by atoms with Crippen molar-refractivity contribution in [1.82, 2.24) is 4.90 Å². The fraction of sp³-hybridized carbons (Fsp3) is 0.348. The van der Waals surface area contributed by atoms with Crippen LogP contribution in [0.5, 0.6) is 5.75 Å². The molecule has 30 heavy (non-hydrogen) atoms. The Morgan fingerprint density at radius 1 is 1.10 bits per heavy atom. The number of hydrogen-bond donors (Lipinski definition) is 1. The summed E-state index contributed by atoms with van der Waals surface area (Å²) in [5.41, 5.74) is 2.74. The summed E-state index contributed by atoms with van der Waals surface area (Å²) in [7, 11) is 0. The van der Waals surface area contributed by atoms with Crippen molar-refractivity contribution in [2.24, 2.45) is 5.92 Å². The van der Waals surface area contributed by atoms with Crippen LogP contribution in [0.2, 0.25) is 0 Å². The molecule has 1 heterocycles. The lowest BCUT2D eigenvalue weighted by Gasteiger charge is -2.16. The molecule has 7 nitrogen and oxygen atoms in total. The second-order valence-corrected chi connectivity index (χ2v) is 7.27. The van der Waals surface area contributed by atoms with Gasteiger partial charge in [-0.25, -0.2) is 0 Å². The van der Waals surface area contributed by atoms with E-state index in [-0.39, 0.29) is 12.3 Å². The molecule has 3 rings (SSSR count). The molecule has 0 aromatic heterocycles. The van der Waals surface area contributed by atoms with E-state index in [1.807, 2.05) is 38.1 Å². The molecular weight excluding hydrogens is 384 g/mol. The fourth-order valence-corrected chi connectivity index (χ4v) is 3.25. The summed E-state index contributed by atoms with van der Waals surface area (Å²) in [6, 6.07) is 14.8. The summed E-state index contributed by atoms with van der Waals surface area (Å²) >= 11 is 0. The van der Waals surface area contributed by atoms with Gasteiger partial charge in [-0.1, -0.05) is 29.8 Å². The van der Waals surface area contributed by atoms with Gasteiger partial charge in [0, 0.05) is 25.2 Å². The number of hydrogen-bond acceptors (Lipinski definition) is 5. The molecule has 1 aliphatic heterocycles. The lowest BCUT2D eigenvalue weighted by Crippen LogP contribution is -2.28. The third-order valence-corrected chi connectivity index (χ3v) is 4.84. The first kappa shape index (κ1) is 21.4. The zero-order chi connectivity index (χ0) is 21.5. The van der Waals surface area contributed by atoms with Gasteiger partial charge in [0.25, 0.3) is 5.91 Å². The van der Waals surface area contributed by atoms with Crippen LogP contribution in [-0.4, -0.2) is 42.4 Å². The maximum atomic E-state index is 12.3. The summed E-state index contributed by atoms with van der Waals surface area (Å²) in [6.45, 7) is 4.82. The van der Waals surface area contributed by atoms with E-state index in [2.05, 4.69) is 5.32 Å². The van der Waals surface area contributed by atoms with Crippen molar-refractivity contribution in [1.29, 1.82) is 0 Å². The first-order valence-corrected chi connectivity index (χ1v) is 9.97. The molecule has 0 unspecified atom stereocenters. The van der Waals surface area contributed by atoms with Crippen molar-refractivity contribution in [2.75, 3.05) is 25.1 Å². The van der Waals surface area contributed by atoms with Crippen molar-refractivity contribution in [3.63, 3.8) is 0 Å². The second kappa shape index (κ2) is 9.91. The summed E-state index contributed by atoms with van der Waals surface area (Å²) in [5.74, 6) is -0.898. The van der Waals surface area contributed by atoms with Crippen LogP contribution >= 0.6 is 0 Å². The lowest BCUT2D eigenvalue weighted by molar-refractivity contribution is -0.151. The van der Waals surface area contributed by atoms with Crippen LogP contribution < -0.4 is 10.1 Å². The number of nitrogens with one attached hydrogen (secondary N) is 1. The van der Waals surface area contributed by atoms with Gasteiger partial charge in [0.1, 0.15) is 5.75 Å². The van der Waals surface area contributed by atoms with Gasteiger partial charge in [0.05, 0.1) is 12.5 Å². The molecule has 2 aromatic rings. The first-order chi connectivity index (χ1) is 14.4. The van der Waals surface area contributed by atoms with Crippen molar-refractivity contribution in [2.45, 2.75) is 26.8 Å². The van der Waals surface area contributed by atoms with Gasteiger partial charge in [-0.3, -0.25) is 14.4 Å². The Morgan fingerprint density at radius 3 is 2.47 bits per heavy atom. The van der Waals surface area contributed by atoms with Crippen molar-refractivity contribution in [3.05, 3.63) is 59.7 Å². The molecule has 1 saturated heterocycles. The number of carbonyl (C=O) groups is 3. The maximum Gasteiger partial charge on any atom is 0.311 e. The van der Waals surface area contributed by atoms with Crippen molar-refractivity contribution < 1.29 is 23.9 Å². The van der Waals surface area contributed by atoms with Crippen LogP contribution in [0.1, 0.15) is 24.5 Å². The predicted octanol–water partition coefficient (Wildman–Crippen LogP) is 2.92. The Labute approximate surface area is 176 Å². The van der Waals surface area contributed by atoms with E-state index < -0.39 is 24.4 Å². The minimum atomic E-state index is -0.554. The quantitative estimate of drug-likeness (QED) is 0.677. The summed E-state index contributed by atoms with van der Waals surface area (Å²) < 4.78 is 10.5. The smallest absolute Gasteiger partial charge is 0.311 e. The third kappa shape index (κ3) is 5.83. The highest BCUT2D eigenvalue weighted by molar-refractivity contribution is 5.93. The van der Waals surface area contributed by atoms with Crippen LogP contribution in [0.3, 0.4) is 0 Å². The molecule has 0 radical (unpaired) electrons. The SMILES string of the molecule is CCOc1ccc(NC(=O)COC(=O)[C@@H]2CC(=O)N(Cc3ccc(C)cc3)C2)cc1. The number of benzene rings is 2. The van der Waals surface area contributed by atoms with Crippen LogP contribution in [0, 0.1) is 12.8 Å². The largest absolute Gasteiger partial charge is 0.494 e. The first-order valence-electron chi connectivity index (χ1n) is 9.97. The number of nitrogens with zero attached hydrogens (tertiary/aromatic N) is 1. The standard InChI is InChI=1S/C23H26N2O5/c1-3-29-20-10-8-19(9-11-20)24-21(26)15-30-23(28)18-12-22(27)25(14-18)13-17-6-4-16(2)5-7-17/h4-11,18H,3,12-15H2,1-2H3,(H,24,26)/t18-/m1/s1. The van der Waals surface area contributed by atoms with Gasteiger partial charge in [-0.05, 0) is 43.7 Å². The molecule has 2 aromatic carbocycles. The van der Waals surface area contributed by atoms with Gasteiger partial charge in [-0.15, -0.1) is 0 Å². The number of likely N-dealkylation sites (tertiary alicyclic amines) is 1. The summed E-state index contributed by atoms with van der Waals surface area (Å²) in [4.78, 5) is 38.2. The number of anilines is 1. The van der Waals surface area contributed by atoms with E-state index >= 15 is 0 Å². The highest BCUT2D eigenvalue weighted by atomic mass is 16.5. The Kier molecular flexibility index (Phi) is 7.06. The van der Waals surface area contributed by atoms with Gasteiger partial charge in [0.2, 0.25) is 5.91 Å².